The Balaban J connectivity index is 2.15. The molecule has 6 heteroatoms. The Hall–Kier alpha value is -2.21. The summed E-state index contributed by atoms with van der Waals surface area (Å²) in [6.07, 6.45) is 1.71. The van der Waals surface area contributed by atoms with Crippen molar-refractivity contribution in [3.63, 3.8) is 0 Å². The summed E-state index contributed by atoms with van der Waals surface area (Å²) in [5, 5.41) is 3.26. The highest BCUT2D eigenvalue weighted by atomic mass is 16.6. The van der Waals surface area contributed by atoms with Crippen molar-refractivity contribution in [2.75, 3.05) is 14.2 Å². The summed E-state index contributed by atoms with van der Waals surface area (Å²) in [7, 11) is 3.13. The molecule has 1 N–H and O–H groups in total. The van der Waals surface area contributed by atoms with Crippen molar-refractivity contribution in [2.45, 2.75) is 26.4 Å². The molecule has 114 valence electrons. The highest BCUT2D eigenvalue weighted by molar-refractivity contribution is 5.52. The van der Waals surface area contributed by atoms with Crippen LogP contribution in [-0.2, 0) is 6.54 Å². The number of nitrogens with one attached hydrogen (secondary N) is 1. The normalized spacial score (nSPS) is 10.7. The van der Waals surface area contributed by atoms with Crippen LogP contribution < -0.4 is 19.5 Å². The molecule has 0 fully saturated rings. The van der Waals surface area contributed by atoms with E-state index in [9.17, 15) is 0 Å². The third-order valence-electron chi connectivity index (χ3n) is 2.79. The Bertz CT molecular complexity index is 559. The zero-order valence-corrected chi connectivity index (χ0v) is 12.7. The van der Waals surface area contributed by atoms with Gasteiger partial charge in [-0.1, -0.05) is 19.9 Å². The van der Waals surface area contributed by atoms with Gasteiger partial charge in [-0.2, -0.15) is 4.98 Å². The van der Waals surface area contributed by atoms with Crippen molar-refractivity contribution < 1.29 is 18.6 Å². The van der Waals surface area contributed by atoms with Gasteiger partial charge in [-0.15, -0.1) is 0 Å². The number of rotatable bonds is 7. The Kier molecular flexibility index (Phi) is 5.05. The average Bonchev–Trinajstić information content (AvgIpc) is 2.93. The summed E-state index contributed by atoms with van der Waals surface area (Å²) >= 11 is 0. The summed E-state index contributed by atoms with van der Waals surface area (Å²) in [6, 6.07) is 5.75. The summed E-state index contributed by atoms with van der Waals surface area (Å²) in [6.45, 7) is 4.75. The molecule has 2 rings (SSSR count). The molecule has 2 aromatic rings. The molecular weight excluding hydrogens is 272 g/mol. The highest BCUT2D eigenvalue weighted by Gasteiger charge is 2.15. The quantitative estimate of drug-likeness (QED) is 0.846. The molecule has 21 heavy (non-hydrogen) atoms. The van der Waals surface area contributed by atoms with Gasteiger partial charge < -0.3 is 23.9 Å². The van der Waals surface area contributed by atoms with Gasteiger partial charge in [-0.05, 0) is 12.1 Å². The van der Waals surface area contributed by atoms with E-state index in [2.05, 4.69) is 24.1 Å². The monoisotopic (exact) mass is 292 g/mol. The first-order valence-corrected chi connectivity index (χ1v) is 6.70. The molecule has 1 aromatic carbocycles. The number of hydrogen-bond acceptors (Lipinski definition) is 6. The summed E-state index contributed by atoms with van der Waals surface area (Å²) in [5.41, 5.74) is 0.771. The largest absolute Gasteiger partial charge is 0.493 e. The van der Waals surface area contributed by atoms with Gasteiger partial charge in [0.25, 0.3) is 0 Å². The molecule has 0 aliphatic carbocycles. The summed E-state index contributed by atoms with van der Waals surface area (Å²) < 4.78 is 21.5. The Morgan fingerprint density at radius 2 is 1.86 bits per heavy atom. The van der Waals surface area contributed by atoms with Crippen LogP contribution >= 0.6 is 0 Å². The summed E-state index contributed by atoms with van der Waals surface area (Å²) in [5.74, 6) is 1.54. The zero-order chi connectivity index (χ0) is 15.2. The van der Waals surface area contributed by atoms with E-state index in [0.717, 1.165) is 5.69 Å². The third-order valence-corrected chi connectivity index (χ3v) is 2.79. The first kappa shape index (κ1) is 15.2. The van der Waals surface area contributed by atoms with Crippen molar-refractivity contribution in [1.82, 2.24) is 10.3 Å². The lowest BCUT2D eigenvalue weighted by molar-refractivity contribution is 0.292. The number of nitrogens with zero attached hydrogens (tertiary/aromatic N) is 1. The maximum absolute atomic E-state index is 5.65. The molecule has 0 radical (unpaired) electrons. The summed E-state index contributed by atoms with van der Waals surface area (Å²) in [4.78, 5) is 4.27. The lowest BCUT2D eigenvalue weighted by Gasteiger charge is -2.11. The van der Waals surface area contributed by atoms with Gasteiger partial charge in [0.2, 0.25) is 5.75 Å². The lowest BCUT2D eigenvalue weighted by Crippen LogP contribution is -2.21. The van der Waals surface area contributed by atoms with Crippen molar-refractivity contribution in [2.24, 2.45) is 0 Å². The fourth-order valence-electron chi connectivity index (χ4n) is 1.73. The first-order valence-electron chi connectivity index (χ1n) is 6.70. The lowest BCUT2D eigenvalue weighted by atomic mass is 10.3. The SMILES string of the molecule is COc1cccc(OC)c1Oc1nc(CNC(C)C)co1. The first-order chi connectivity index (χ1) is 10.1. The van der Waals surface area contributed by atoms with Crippen LogP contribution in [0, 0.1) is 0 Å². The molecule has 0 bridgehead atoms. The van der Waals surface area contributed by atoms with Gasteiger partial charge in [0, 0.05) is 12.6 Å². The van der Waals surface area contributed by atoms with Gasteiger partial charge in [-0.25, -0.2) is 0 Å². The molecule has 0 saturated carbocycles. The molecule has 0 aliphatic rings. The van der Waals surface area contributed by atoms with E-state index in [1.54, 1.807) is 32.6 Å². The molecule has 0 aliphatic heterocycles. The number of benzene rings is 1. The molecule has 1 heterocycles. The van der Waals surface area contributed by atoms with E-state index in [0.29, 0.717) is 29.8 Å². The van der Waals surface area contributed by atoms with Crippen LogP contribution in [0.4, 0.5) is 0 Å². The Morgan fingerprint density at radius 1 is 1.19 bits per heavy atom. The Labute approximate surface area is 124 Å². The second-order valence-corrected chi connectivity index (χ2v) is 4.73. The minimum atomic E-state index is 0.151. The topological polar surface area (TPSA) is 65.8 Å². The highest BCUT2D eigenvalue weighted by Crippen LogP contribution is 2.39. The van der Waals surface area contributed by atoms with E-state index in [4.69, 9.17) is 18.6 Å². The number of methoxy groups -OCH3 is 2. The fraction of sp³-hybridized carbons (Fsp3) is 0.400. The average molecular weight is 292 g/mol. The van der Waals surface area contributed by atoms with E-state index >= 15 is 0 Å². The van der Waals surface area contributed by atoms with Crippen molar-refractivity contribution in [3.05, 3.63) is 30.2 Å². The molecular formula is C15H20N2O4. The second-order valence-electron chi connectivity index (χ2n) is 4.73. The molecule has 0 spiro atoms. The number of ether oxygens (including phenoxy) is 3. The minimum Gasteiger partial charge on any atom is -0.493 e. The number of hydrogen-bond donors (Lipinski definition) is 1. The van der Waals surface area contributed by atoms with Crippen LogP contribution in [0.1, 0.15) is 19.5 Å². The van der Waals surface area contributed by atoms with Gasteiger partial charge in [0.15, 0.2) is 11.5 Å². The smallest absolute Gasteiger partial charge is 0.399 e. The maximum atomic E-state index is 5.65. The van der Waals surface area contributed by atoms with E-state index in [-0.39, 0.29) is 6.08 Å². The molecule has 1 aromatic heterocycles. The number of oxazole rings is 1. The third kappa shape index (κ3) is 3.88. The number of para-hydroxylation sites is 1. The minimum absolute atomic E-state index is 0.151. The molecule has 0 atom stereocenters. The van der Waals surface area contributed by atoms with Crippen LogP contribution in [0.2, 0.25) is 0 Å². The molecule has 0 unspecified atom stereocenters. The van der Waals surface area contributed by atoms with Crippen molar-refractivity contribution in [1.29, 1.82) is 0 Å². The Morgan fingerprint density at radius 3 is 2.43 bits per heavy atom. The van der Waals surface area contributed by atoms with Gasteiger partial charge >= 0.3 is 6.08 Å². The predicted octanol–water partition coefficient (Wildman–Crippen LogP) is 2.98. The number of aromatic nitrogens is 1. The van der Waals surface area contributed by atoms with E-state index in [1.165, 1.54) is 0 Å². The van der Waals surface area contributed by atoms with Gasteiger partial charge in [0.1, 0.15) is 6.26 Å². The van der Waals surface area contributed by atoms with Gasteiger partial charge in [-0.3, -0.25) is 0 Å². The van der Waals surface area contributed by atoms with Crippen LogP contribution in [0.25, 0.3) is 0 Å². The molecule has 0 saturated heterocycles. The predicted molar refractivity (Wildman–Crippen MR) is 78.1 cm³/mol. The van der Waals surface area contributed by atoms with Crippen LogP contribution in [0.3, 0.4) is 0 Å². The standard InChI is InChI=1S/C15H20N2O4/c1-10(2)16-8-11-9-20-15(17-11)21-14-12(18-3)6-5-7-13(14)19-4/h5-7,9-10,16H,8H2,1-4H3. The van der Waals surface area contributed by atoms with Crippen molar-refractivity contribution >= 4 is 0 Å². The molecule has 6 nitrogen and oxygen atoms in total. The van der Waals surface area contributed by atoms with Crippen LogP contribution in [0.15, 0.2) is 28.9 Å². The second kappa shape index (κ2) is 6.99. The van der Waals surface area contributed by atoms with E-state index in [1.807, 2.05) is 6.07 Å². The maximum Gasteiger partial charge on any atom is 0.399 e. The zero-order valence-electron chi connectivity index (χ0n) is 12.7. The van der Waals surface area contributed by atoms with Gasteiger partial charge in [0.05, 0.1) is 19.9 Å². The van der Waals surface area contributed by atoms with Crippen LogP contribution in [-0.4, -0.2) is 25.2 Å². The molecule has 0 amide bonds. The van der Waals surface area contributed by atoms with E-state index < -0.39 is 0 Å². The van der Waals surface area contributed by atoms with Crippen LogP contribution in [0.5, 0.6) is 23.3 Å². The van der Waals surface area contributed by atoms with Crippen molar-refractivity contribution in [3.8, 4) is 23.3 Å². The fourth-order valence-corrected chi connectivity index (χ4v) is 1.73.